The minimum Gasteiger partial charge on any atom is -0.339 e. The number of thiophene rings is 1. The number of hydrogen-bond acceptors (Lipinski definition) is 2. The van der Waals surface area contributed by atoms with Gasteiger partial charge in [-0.2, -0.15) is 0 Å². The molecule has 1 heterocycles. The summed E-state index contributed by atoms with van der Waals surface area (Å²) in [6.45, 7) is 2.15. The SMILES string of the molecule is CC(C1CC1)N(C)C(=O)c1csc(I)c1. The second-order valence-corrected chi connectivity index (χ2v) is 6.94. The molecule has 1 aromatic rings. The van der Waals surface area contributed by atoms with Gasteiger partial charge in [0.15, 0.2) is 0 Å². The highest BCUT2D eigenvalue weighted by atomic mass is 127. The fraction of sp³-hybridized carbons (Fsp3) is 0.545. The Morgan fingerprint density at radius 3 is 2.80 bits per heavy atom. The molecule has 2 nitrogen and oxygen atoms in total. The molecule has 0 saturated heterocycles. The van der Waals surface area contributed by atoms with E-state index in [1.165, 1.54) is 15.7 Å². The van der Waals surface area contributed by atoms with Gasteiger partial charge in [0.2, 0.25) is 0 Å². The summed E-state index contributed by atoms with van der Waals surface area (Å²) >= 11 is 3.87. The topological polar surface area (TPSA) is 20.3 Å². The molecule has 2 rings (SSSR count). The highest BCUT2D eigenvalue weighted by Crippen LogP contribution is 2.35. The molecule has 1 fully saturated rings. The summed E-state index contributed by atoms with van der Waals surface area (Å²) in [5, 5.41) is 1.94. The van der Waals surface area contributed by atoms with Crippen LogP contribution in [0.5, 0.6) is 0 Å². The fourth-order valence-electron chi connectivity index (χ4n) is 1.71. The van der Waals surface area contributed by atoms with Crippen LogP contribution in [0.25, 0.3) is 0 Å². The molecule has 0 radical (unpaired) electrons. The Hall–Kier alpha value is -0.100. The molecular formula is C11H14INOS. The van der Waals surface area contributed by atoms with E-state index < -0.39 is 0 Å². The molecule has 0 bridgehead atoms. The number of carbonyl (C=O) groups is 1. The molecule has 1 aliphatic rings. The van der Waals surface area contributed by atoms with E-state index in [2.05, 4.69) is 29.5 Å². The van der Waals surface area contributed by atoms with Gasteiger partial charge in [-0.3, -0.25) is 4.79 Å². The average molecular weight is 335 g/mol. The van der Waals surface area contributed by atoms with Gasteiger partial charge in [0.05, 0.1) is 8.45 Å². The van der Waals surface area contributed by atoms with Crippen molar-refractivity contribution in [1.82, 2.24) is 4.90 Å². The van der Waals surface area contributed by atoms with E-state index in [9.17, 15) is 4.79 Å². The molecule has 0 aromatic carbocycles. The molecule has 1 atom stereocenters. The molecule has 1 aromatic heterocycles. The van der Waals surface area contributed by atoms with Crippen LogP contribution in [0, 0.1) is 8.80 Å². The number of hydrogen-bond donors (Lipinski definition) is 0. The molecule has 82 valence electrons. The maximum absolute atomic E-state index is 12.1. The maximum atomic E-state index is 12.1. The first-order valence-corrected chi connectivity index (χ1v) is 7.06. The predicted molar refractivity (Wildman–Crippen MR) is 71.3 cm³/mol. The highest BCUT2D eigenvalue weighted by Gasteiger charge is 2.32. The fourth-order valence-corrected chi connectivity index (χ4v) is 3.03. The van der Waals surface area contributed by atoms with Crippen LogP contribution in [0.15, 0.2) is 11.4 Å². The van der Waals surface area contributed by atoms with Crippen LogP contribution in [0.3, 0.4) is 0 Å². The number of carbonyl (C=O) groups excluding carboxylic acids is 1. The minimum absolute atomic E-state index is 0.161. The molecule has 0 aliphatic heterocycles. The van der Waals surface area contributed by atoms with E-state index in [4.69, 9.17) is 0 Å². The third-order valence-electron chi connectivity index (χ3n) is 3.05. The molecule has 0 spiro atoms. The third-order valence-corrected chi connectivity index (χ3v) is 4.84. The summed E-state index contributed by atoms with van der Waals surface area (Å²) < 4.78 is 1.17. The van der Waals surface area contributed by atoms with Crippen molar-refractivity contribution >= 4 is 39.8 Å². The molecule has 1 aliphatic carbocycles. The monoisotopic (exact) mass is 335 g/mol. The van der Waals surface area contributed by atoms with E-state index >= 15 is 0 Å². The number of rotatable bonds is 3. The Bertz CT molecular complexity index is 372. The van der Waals surface area contributed by atoms with Crippen LogP contribution in [0.1, 0.15) is 30.1 Å². The molecule has 1 unspecified atom stereocenters. The summed E-state index contributed by atoms with van der Waals surface area (Å²) in [6.07, 6.45) is 2.56. The average Bonchev–Trinajstić information content (AvgIpc) is 2.98. The van der Waals surface area contributed by atoms with Crippen molar-refractivity contribution in [1.29, 1.82) is 0 Å². The van der Waals surface area contributed by atoms with Gasteiger partial charge in [0.1, 0.15) is 0 Å². The Kier molecular flexibility index (Phi) is 3.35. The lowest BCUT2D eigenvalue weighted by molar-refractivity contribution is 0.0728. The van der Waals surface area contributed by atoms with Gasteiger partial charge >= 0.3 is 0 Å². The minimum atomic E-state index is 0.161. The molecule has 1 saturated carbocycles. The second-order valence-electron chi connectivity index (χ2n) is 4.13. The van der Waals surface area contributed by atoms with Crippen LogP contribution in [-0.4, -0.2) is 23.9 Å². The predicted octanol–water partition coefficient (Wildman–Crippen LogP) is 3.22. The van der Waals surface area contributed by atoms with Crippen molar-refractivity contribution in [2.24, 2.45) is 5.92 Å². The Balaban J connectivity index is 2.06. The van der Waals surface area contributed by atoms with E-state index in [1.54, 1.807) is 11.3 Å². The Morgan fingerprint density at radius 2 is 2.33 bits per heavy atom. The zero-order chi connectivity index (χ0) is 11.0. The van der Waals surface area contributed by atoms with Gasteiger partial charge in [-0.25, -0.2) is 0 Å². The zero-order valence-corrected chi connectivity index (χ0v) is 11.8. The summed E-state index contributed by atoms with van der Waals surface area (Å²) in [5.74, 6) is 0.894. The standard InChI is InChI=1S/C11H14INOS/c1-7(8-3-4-8)13(2)11(14)9-5-10(12)15-6-9/h5-8H,3-4H2,1-2H3. The van der Waals surface area contributed by atoms with Gasteiger partial charge in [-0.05, 0) is 54.3 Å². The van der Waals surface area contributed by atoms with E-state index in [1.807, 2.05) is 23.4 Å². The zero-order valence-electron chi connectivity index (χ0n) is 8.87. The van der Waals surface area contributed by atoms with Gasteiger partial charge in [-0.15, -0.1) is 11.3 Å². The summed E-state index contributed by atoms with van der Waals surface area (Å²) in [7, 11) is 1.91. The van der Waals surface area contributed by atoms with Crippen LogP contribution < -0.4 is 0 Å². The van der Waals surface area contributed by atoms with E-state index in [0.29, 0.717) is 6.04 Å². The maximum Gasteiger partial charge on any atom is 0.254 e. The number of halogens is 1. The van der Waals surface area contributed by atoms with Gasteiger partial charge in [0, 0.05) is 18.5 Å². The number of amides is 1. The molecular weight excluding hydrogens is 321 g/mol. The van der Waals surface area contributed by atoms with Gasteiger partial charge < -0.3 is 4.90 Å². The van der Waals surface area contributed by atoms with Crippen molar-refractivity contribution in [3.8, 4) is 0 Å². The van der Waals surface area contributed by atoms with Gasteiger partial charge in [0.25, 0.3) is 5.91 Å². The Labute approximate surface area is 108 Å². The Morgan fingerprint density at radius 1 is 1.67 bits per heavy atom. The summed E-state index contributed by atoms with van der Waals surface area (Å²) in [6, 6.07) is 2.35. The summed E-state index contributed by atoms with van der Waals surface area (Å²) in [4.78, 5) is 13.9. The highest BCUT2D eigenvalue weighted by molar-refractivity contribution is 14.1. The molecule has 4 heteroatoms. The smallest absolute Gasteiger partial charge is 0.254 e. The molecule has 15 heavy (non-hydrogen) atoms. The van der Waals surface area contributed by atoms with Crippen LogP contribution in [0.2, 0.25) is 0 Å². The lowest BCUT2D eigenvalue weighted by atomic mass is 10.1. The van der Waals surface area contributed by atoms with Crippen LogP contribution >= 0.6 is 33.9 Å². The first kappa shape index (κ1) is 11.4. The summed E-state index contributed by atoms with van der Waals surface area (Å²) in [5.41, 5.74) is 0.833. The van der Waals surface area contributed by atoms with E-state index in [-0.39, 0.29) is 5.91 Å². The van der Waals surface area contributed by atoms with Crippen molar-refractivity contribution in [3.63, 3.8) is 0 Å². The van der Waals surface area contributed by atoms with Crippen LogP contribution in [-0.2, 0) is 0 Å². The largest absolute Gasteiger partial charge is 0.339 e. The third kappa shape index (κ3) is 2.53. The van der Waals surface area contributed by atoms with Crippen molar-refractivity contribution in [2.75, 3.05) is 7.05 Å². The van der Waals surface area contributed by atoms with Gasteiger partial charge in [-0.1, -0.05) is 0 Å². The van der Waals surface area contributed by atoms with Crippen molar-refractivity contribution in [3.05, 3.63) is 19.9 Å². The van der Waals surface area contributed by atoms with E-state index in [0.717, 1.165) is 11.5 Å². The molecule has 0 N–H and O–H groups in total. The molecule has 1 amide bonds. The normalized spacial score (nSPS) is 17.5. The lowest BCUT2D eigenvalue weighted by Crippen LogP contribution is -2.36. The quantitative estimate of drug-likeness (QED) is 0.777. The number of nitrogens with zero attached hydrogens (tertiary/aromatic N) is 1. The lowest BCUT2D eigenvalue weighted by Gasteiger charge is -2.24. The first-order valence-electron chi connectivity index (χ1n) is 5.11. The van der Waals surface area contributed by atoms with Crippen molar-refractivity contribution < 1.29 is 4.79 Å². The first-order chi connectivity index (χ1) is 7.09. The van der Waals surface area contributed by atoms with Crippen molar-refractivity contribution in [2.45, 2.75) is 25.8 Å². The second kappa shape index (κ2) is 4.41. The van der Waals surface area contributed by atoms with Crippen LogP contribution in [0.4, 0.5) is 0 Å².